The molecule has 1 N–H and O–H groups in total. The molecule has 0 fully saturated rings. The quantitative estimate of drug-likeness (QED) is 0.785. The van der Waals surface area contributed by atoms with Gasteiger partial charge in [-0.15, -0.1) is 0 Å². The molecule has 0 saturated carbocycles. The van der Waals surface area contributed by atoms with Gasteiger partial charge >= 0.3 is 6.18 Å². The van der Waals surface area contributed by atoms with Gasteiger partial charge in [-0.2, -0.15) is 17.5 Å². The first-order valence-electron chi connectivity index (χ1n) is 6.83. The zero-order valence-electron chi connectivity index (χ0n) is 12.7. The van der Waals surface area contributed by atoms with Crippen LogP contribution in [0.3, 0.4) is 0 Å². The van der Waals surface area contributed by atoms with Crippen LogP contribution >= 0.6 is 23.1 Å². The second-order valence-electron chi connectivity index (χ2n) is 4.95. The summed E-state index contributed by atoms with van der Waals surface area (Å²) in [7, 11) is 0. The molecule has 25 heavy (non-hydrogen) atoms. The summed E-state index contributed by atoms with van der Waals surface area (Å²) in [5.41, 5.74) is -0.809. The van der Waals surface area contributed by atoms with Gasteiger partial charge in [-0.05, 0) is 36.8 Å². The number of hydrogen-bond acceptors (Lipinski definition) is 5. The molecule has 5 nitrogen and oxygen atoms in total. The van der Waals surface area contributed by atoms with Crippen molar-refractivity contribution in [1.29, 1.82) is 0 Å². The van der Waals surface area contributed by atoms with E-state index in [1.54, 1.807) is 0 Å². The summed E-state index contributed by atoms with van der Waals surface area (Å²) < 4.78 is 42.0. The van der Waals surface area contributed by atoms with Crippen LogP contribution in [-0.4, -0.2) is 21.0 Å². The van der Waals surface area contributed by atoms with Gasteiger partial charge in [-0.1, -0.05) is 11.6 Å². The molecule has 1 amide bonds. The van der Waals surface area contributed by atoms with Gasteiger partial charge in [0.2, 0.25) is 11.0 Å². The fourth-order valence-electron chi connectivity index (χ4n) is 1.76. The molecule has 1 aromatic carbocycles. The van der Waals surface area contributed by atoms with Crippen molar-refractivity contribution in [2.45, 2.75) is 19.5 Å². The lowest BCUT2D eigenvalue weighted by Crippen LogP contribution is -2.08. The predicted molar refractivity (Wildman–Crippen MR) is 88.4 cm³/mol. The third kappa shape index (κ3) is 5.64. The summed E-state index contributed by atoms with van der Waals surface area (Å²) in [5, 5.41) is 2.67. The molecule has 2 aromatic rings. The van der Waals surface area contributed by atoms with Crippen molar-refractivity contribution in [3.63, 3.8) is 0 Å². The Kier molecular flexibility index (Phi) is 5.91. The van der Waals surface area contributed by atoms with Gasteiger partial charge in [0, 0.05) is 22.6 Å². The van der Waals surface area contributed by atoms with Crippen molar-refractivity contribution in [3.05, 3.63) is 46.2 Å². The van der Waals surface area contributed by atoms with Gasteiger partial charge in [-0.3, -0.25) is 14.9 Å². The highest BCUT2D eigenvalue weighted by Crippen LogP contribution is 2.32. The highest BCUT2D eigenvalue weighted by molar-refractivity contribution is 7.09. The van der Waals surface area contributed by atoms with Crippen LogP contribution in [0.25, 0.3) is 6.08 Å². The number of nitrogens with one attached hydrogen (secondary N) is 1. The third-order valence-corrected chi connectivity index (χ3v) is 3.86. The number of carbonyl (C=O) groups is 2. The zero-order valence-corrected chi connectivity index (χ0v) is 14.3. The number of alkyl halides is 3. The number of carbonyl (C=O) groups excluding carboxylic acids is 2. The number of nitrogens with zero attached hydrogens (tertiary/aromatic N) is 2. The fraction of sp³-hybridized carbons (Fsp3) is 0.200. The molecule has 1 aromatic heterocycles. The Morgan fingerprint density at radius 1 is 1.36 bits per heavy atom. The van der Waals surface area contributed by atoms with Crippen LogP contribution < -0.4 is 5.32 Å². The van der Waals surface area contributed by atoms with E-state index in [0.29, 0.717) is 0 Å². The lowest BCUT2D eigenvalue weighted by molar-refractivity contribution is -0.137. The SMILES string of the molecule is CC(=O)Cc1nsc(NC(=O)/C=C/c2cc(C(F)(F)F)ccc2Cl)n1. The summed E-state index contributed by atoms with van der Waals surface area (Å²) in [5.74, 6) is -0.438. The van der Waals surface area contributed by atoms with E-state index in [1.807, 2.05) is 0 Å². The highest BCUT2D eigenvalue weighted by Gasteiger charge is 2.30. The molecule has 0 spiro atoms. The molecule has 0 aliphatic carbocycles. The number of benzene rings is 1. The number of aromatic nitrogens is 2. The summed E-state index contributed by atoms with van der Waals surface area (Å²) in [6, 6.07) is 2.82. The number of Topliss-reactive ketones (excluding diaryl/α,β-unsaturated/α-hetero) is 1. The maximum Gasteiger partial charge on any atom is 0.416 e. The van der Waals surface area contributed by atoms with Crippen molar-refractivity contribution >= 4 is 46.0 Å². The number of rotatable bonds is 5. The Bertz CT molecular complexity index is 834. The van der Waals surface area contributed by atoms with Gasteiger partial charge in [-0.25, -0.2) is 4.98 Å². The first kappa shape index (κ1) is 19.1. The van der Waals surface area contributed by atoms with Crippen molar-refractivity contribution in [2.75, 3.05) is 5.32 Å². The van der Waals surface area contributed by atoms with Crippen LogP contribution in [0.4, 0.5) is 18.3 Å². The fourth-order valence-corrected chi connectivity index (χ4v) is 2.53. The Balaban J connectivity index is 2.07. The average molecular weight is 390 g/mol. The summed E-state index contributed by atoms with van der Waals surface area (Å²) in [6.07, 6.45) is -2.24. The lowest BCUT2D eigenvalue weighted by Gasteiger charge is -2.08. The molecule has 2 rings (SSSR count). The number of ketones is 1. The van der Waals surface area contributed by atoms with Crippen LogP contribution in [0.5, 0.6) is 0 Å². The monoisotopic (exact) mass is 389 g/mol. The molecular formula is C15H11ClF3N3O2S. The van der Waals surface area contributed by atoms with Crippen LogP contribution in [0, 0.1) is 0 Å². The molecule has 0 radical (unpaired) electrons. The second-order valence-corrected chi connectivity index (χ2v) is 6.11. The topological polar surface area (TPSA) is 72.0 Å². The van der Waals surface area contributed by atoms with Gasteiger partial charge in [0.1, 0.15) is 5.78 Å². The maximum absolute atomic E-state index is 12.7. The minimum absolute atomic E-state index is 0.0566. The minimum Gasteiger partial charge on any atom is -0.300 e. The number of anilines is 1. The zero-order chi connectivity index (χ0) is 18.6. The molecule has 1 heterocycles. The van der Waals surface area contributed by atoms with E-state index in [1.165, 1.54) is 13.0 Å². The van der Waals surface area contributed by atoms with Gasteiger partial charge in [0.25, 0.3) is 0 Å². The largest absolute Gasteiger partial charge is 0.416 e. The predicted octanol–water partition coefficient (Wildman–Crippen LogP) is 3.99. The molecule has 0 unspecified atom stereocenters. The minimum atomic E-state index is -4.50. The average Bonchev–Trinajstić information content (AvgIpc) is 2.91. The van der Waals surface area contributed by atoms with Crippen LogP contribution in [0.1, 0.15) is 23.9 Å². The lowest BCUT2D eigenvalue weighted by atomic mass is 10.1. The normalized spacial score (nSPS) is 11.7. The smallest absolute Gasteiger partial charge is 0.300 e. The van der Waals surface area contributed by atoms with Crippen molar-refractivity contribution in [2.24, 2.45) is 0 Å². The number of halogens is 4. The van der Waals surface area contributed by atoms with Crippen LogP contribution in [-0.2, 0) is 22.2 Å². The summed E-state index contributed by atoms with van der Waals surface area (Å²) >= 11 is 6.74. The second kappa shape index (κ2) is 7.75. The van der Waals surface area contributed by atoms with Crippen molar-refractivity contribution in [1.82, 2.24) is 9.36 Å². The maximum atomic E-state index is 12.7. The molecule has 10 heteroatoms. The highest BCUT2D eigenvalue weighted by atomic mass is 35.5. The molecule has 0 atom stereocenters. The van der Waals surface area contributed by atoms with Gasteiger partial charge in [0.05, 0.1) is 12.0 Å². The Hall–Kier alpha value is -2.26. The van der Waals surface area contributed by atoms with E-state index >= 15 is 0 Å². The first-order chi connectivity index (χ1) is 11.6. The van der Waals surface area contributed by atoms with Gasteiger partial charge < -0.3 is 0 Å². The molecule has 0 bridgehead atoms. The summed E-state index contributed by atoms with van der Waals surface area (Å²) in [6.45, 7) is 1.39. The van der Waals surface area contributed by atoms with E-state index in [0.717, 1.165) is 35.8 Å². The summed E-state index contributed by atoms with van der Waals surface area (Å²) in [4.78, 5) is 26.7. The van der Waals surface area contributed by atoms with Crippen molar-refractivity contribution < 1.29 is 22.8 Å². The standard InChI is InChI=1S/C15H11ClF3N3O2S/c1-8(23)6-12-20-14(25-22-12)21-13(24)5-2-9-7-10(15(17,18)19)3-4-11(9)16/h2-5,7H,6H2,1H3,(H,20,21,22,24)/b5-2+. The molecule has 0 aliphatic heterocycles. The van der Waals surface area contributed by atoms with E-state index in [-0.39, 0.29) is 33.7 Å². The molecular weight excluding hydrogens is 379 g/mol. The Morgan fingerprint density at radius 3 is 2.72 bits per heavy atom. The third-order valence-electron chi connectivity index (χ3n) is 2.84. The Labute approximate surface area is 149 Å². The van der Waals surface area contributed by atoms with Crippen molar-refractivity contribution in [3.8, 4) is 0 Å². The van der Waals surface area contributed by atoms with E-state index < -0.39 is 17.6 Å². The van der Waals surface area contributed by atoms with E-state index in [2.05, 4.69) is 14.7 Å². The van der Waals surface area contributed by atoms with E-state index in [9.17, 15) is 22.8 Å². The van der Waals surface area contributed by atoms with Crippen LogP contribution in [0.2, 0.25) is 5.02 Å². The number of amides is 1. The number of hydrogen-bond donors (Lipinski definition) is 1. The molecule has 0 saturated heterocycles. The van der Waals surface area contributed by atoms with Crippen LogP contribution in [0.15, 0.2) is 24.3 Å². The van der Waals surface area contributed by atoms with Gasteiger partial charge in [0.15, 0.2) is 5.82 Å². The van der Waals surface area contributed by atoms with E-state index in [4.69, 9.17) is 11.6 Å². The Morgan fingerprint density at radius 2 is 2.08 bits per heavy atom. The first-order valence-corrected chi connectivity index (χ1v) is 7.98. The molecule has 0 aliphatic rings. The molecule has 132 valence electrons.